The minimum Gasteiger partial charge on any atom is -0.286 e. The maximum absolute atomic E-state index is 9.99. The fraction of sp³-hybridized carbons (Fsp3) is 1.00. The Bertz CT molecular complexity index is 157. The second-order valence-electron chi connectivity index (χ2n) is 1.46. The highest BCUT2D eigenvalue weighted by Gasteiger charge is 2.00. The van der Waals surface area contributed by atoms with Crippen LogP contribution in [0.5, 0.6) is 0 Å². The van der Waals surface area contributed by atoms with E-state index in [0.29, 0.717) is 0 Å². The Balaban J connectivity index is 0. The van der Waals surface area contributed by atoms with Gasteiger partial charge in [0, 0.05) is 6.54 Å². The van der Waals surface area contributed by atoms with Gasteiger partial charge in [-0.05, 0) is 7.05 Å². The molecular formula is C3H11N2O3S+. The molecular weight excluding hydrogens is 144 g/mol. The SMILES string of the molecule is CNNCCS(=O)(=O)O.[H+]. The van der Waals surface area contributed by atoms with Gasteiger partial charge in [-0.25, -0.2) is 0 Å². The first-order valence-electron chi connectivity index (χ1n) is 2.41. The Morgan fingerprint density at radius 3 is 2.56 bits per heavy atom. The van der Waals surface area contributed by atoms with Gasteiger partial charge in [0.15, 0.2) is 0 Å². The van der Waals surface area contributed by atoms with Crippen LogP contribution in [-0.4, -0.2) is 32.3 Å². The van der Waals surface area contributed by atoms with Gasteiger partial charge in [-0.1, -0.05) is 0 Å². The first-order chi connectivity index (χ1) is 4.06. The first kappa shape index (κ1) is 8.83. The summed E-state index contributed by atoms with van der Waals surface area (Å²) in [4.78, 5) is 0. The van der Waals surface area contributed by atoms with Crippen LogP contribution in [0.3, 0.4) is 0 Å². The maximum atomic E-state index is 9.99. The maximum Gasteiger partial charge on any atom is 1.00 e. The van der Waals surface area contributed by atoms with Gasteiger partial charge in [-0.15, -0.1) is 0 Å². The van der Waals surface area contributed by atoms with E-state index in [9.17, 15) is 8.42 Å². The summed E-state index contributed by atoms with van der Waals surface area (Å²) in [5.41, 5.74) is 5.03. The molecule has 0 aromatic carbocycles. The van der Waals surface area contributed by atoms with E-state index >= 15 is 0 Å². The van der Waals surface area contributed by atoms with E-state index in [4.69, 9.17) is 4.55 Å². The zero-order chi connectivity index (χ0) is 7.33. The second-order valence-corrected chi connectivity index (χ2v) is 3.03. The van der Waals surface area contributed by atoms with Gasteiger partial charge >= 0.3 is 1.43 Å². The number of rotatable bonds is 4. The number of nitrogens with one attached hydrogen (secondary N) is 2. The van der Waals surface area contributed by atoms with Crippen molar-refractivity contribution < 1.29 is 14.4 Å². The van der Waals surface area contributed by atoms with Crippen molar-refractivity contribution in [2.24, 2.45) is 0 Å². The van der Waals surface area contributed by atoms with Crippen LogP contribution in [0, 0.1) is 0 Å². The highest BCUT2D eigenvalue weighted by molar-refractivity contribution is 7.85. The molecule has 0 saturated heterocycles. The standard InChI is InChI=1S/C3H10N2O3S/c1-4-5-2-3-9(6,7)8/h4-5H,2-3H2,1H3,(H,6,7,8)/p+1. The van der Waals surface area contributed by atoms with Crippen molar-refractivity contribution in [2.75, 3.05) is 19.3 Å². The van der Waals surface area contributed by atoms with Crippen LogP contribution >= 0.6 is 0 Å². The smallest absolute Gasteiger partial charge is 0.286 e. The molecule has 0 aliphatic carbocycles. The number of hydrogen-bond donors (Lipinski definition) is 3. The molecule has 0 radical (unpaired) electrons. The molecule has 0 aromatic heterocycles. The molecule has 0 fully saturated rings. The molecule has 0 aliphatic heterocycles. The van der Waals surface area contributed by atoms with E-state index < -0.39 is 10.1 Å². The third kappa shape index (κ3) is 7.83. The summed E-state index contributed by atoms with van der Waals surface area (Å²) in [6.07, 6.45) is 0. The van der Waals surface area contributed by atoms with Crippen LogP contribution in [0.15, 0.2) is 0 Å². The average Bonchev–Trinajstić information content (AvgIpc) is 1.63. The van der Waals surface area contributed by atoms with Crippen LogP contribution in [0.2, 0.25) is 0 Å². The lowest BCUT2D eigenvalue weighted by Gasteiger charge is -1.97. The molecule has 56 valence electrons. The second kappa shape index (κ2) is 3.78. The molecule has 0 aromatic rings. The van der Waals surface area contributed by atoms with Gasteiger partial charge in [0.1, 0.15) is 0 Å². The topological polar surface area (TPSA) is 78.4 Å². The lowest BCUT2D eigenvalue weighted by atomic mass is 10.8. The van der Waals surface area contributed by atoms with Crippen molar-refractivity contribution in [2.45, 2.75) is 0 Å². The Hall–Kier alpha value is -0.170. The molecule has 0 amide bonds. The van der Waals surface area contributed by atoms with Gasteiger partial charge in [-0.2, -0.15) is 8.42 Å². The number of hydrogen-bond acceptors (Lipinski definition) is 4. The molecule has 0 atom stereocenters. The Morgan fingerprint density at radius 2 is 2.22 bits per heavy atom. The third-order valence-corrected chi connectivity index (χ3v) is 1.38. The highest BCUT2D eigenvalue weighted by atomic mass is 32.2. The quantitative estimate of drug-likeness (QED) is 0.267. The molecule has 0 unspecified atom stereocenters. The van der Waals surface area contributed by atoms with Gasteiger partial charge < -0.3 is 0 Å². The fourth-order valence-electron chi connectivity index (χ4n) is 0.305. The van der Waals surface area contributed by atoms with E-state index in [1.54, 1.807) is 7.05 Å². The summed E-state index contributed by atoms with van der Waals surface area (Å²) >= 11 is 0. The van der Waals surface area contributed by atoms with E-state index in [1.807, 2.05) is 0 Å². The van der Waals surface area contributed by atoms with E-state index in [2.05, 4.69) is 10.9 Å². The van der Waals surface area contributed by atoms with Gasteiger partial charge in [0.05, 0.1) is 5.75 Å². The molecule has 0 rings (SSSR count). The van der Waals surface area contributed by atoms with E-state index in [0.717, 1.165) is 0 Å². The van der Waals surface area contributed by atoms with Crippen molar-refractivity contribution in [3.63, 3.8) is 0 Å². The molecule has 6 heteroatoms. The van der Waals surface area contributed by atoms with E-state index in [1.165, 1.54) is 0 Å². The summed E-state index contributed by atoms with van der Waals surface area (Å²) in [6.45, 7) is 0.204. The van der Waals surface area contributed by atoms with Crippen molar-refractivity contribution in [1.82, 2.24) is 10.9 Å². The van der Waals surface area contributed by atoms with Gasteiger partial charge in [0.25, 0.3) is 10.1 Å². The van der Waals surface area contributed by atoms with Crippen LogP contribution in [0.4, 0.5) is 0 Å². The minimum absolute atomic E-state index is 0. The number of hydrazine groups is 1. The monoisotopic (exact) mass is 155 g/mol. The van der Waals surface area contributed by atoms with Gasteiger partial charge in [-0.3, -0.25) is 15.4 Å². The zero-order valence-corrected chi connectivity index (χ0v) is 5.90. The van der Waals surface area contributed by atoms with Crippen LogP contribution < -0.4 is 10.9 Å². The van der Waals surface area contributed by atoms with Gasteiger partial charge in [0.2, 0.25) is 0 Å². The molecule has 5 nitrogen and oxygen atoms in total. The zero-order valence-electron chi connectivity index (χ0n) is 6.09. The summed E-state index contributed by atoms with van der Waals surface area (Å²) < 4.78 is 28.1. The lowest BCUT2D eigenvalue weighted by molar-refractivity contribution is 0.478. The van der Waals surface area contributed by atoms with Crippen LogP contribution in [-0.2, 0) is 10.1 Å². The molecule has 0 heterocycles. The Kier molecular flexibility index (Phi) is 3.71. The normalized spacial score (nSPS) is 11.8. The fourth-order valence-corrected chi connectivity index (χ4v) is 0.665. The van der Waals surface area contributed by atoms with Crippen molar-refractivity contribution in [1.29, 1.82) is 0 Å². The Morgan fingerprint density at radius 1 is 1.67 bits per heavy atom. The van der Waals surface area contributed by atoms with Crippen LogP contribution in [0.1, 0.15) is 1.43 Å². The Labute approximate surface area is 55.7 Å². The minimum atomic E-state index is -3.80. The molecule has 0 aliphatic rings. The predicted octanol–water partition coefficient (Wildman–Crippen LogP) is -1.29. The molecule has 0 saturated carbocycles. The van der Waals surface area contributed by atoms with Crippen molar-refractivity contribution in [3.8, 4) is 0 Å². The predicted molar refractivity (Wildman–Crippen MR) is 34.6 cm³/mol. The molecule has 0 spiro atoms. The first-order valence-corrected chi connectivity index (χ1v) is 4.02. The molecule has 9 heavy (non-hydrogen) atoms. The average molecular weight is 155 g/mol. The highest BCUT2D eigenvalue weighted by Crippen LogP contribution is 1.76. The van der Waals surface area contributed by atoms with E-state index in [-0.39, 0.29) is 13.7 Å². The summed E-state index contributed by atoms with van der Waals surface area (Å²) in [5, 5.41) is 0. The molecule has 3 N–H and O–H groups in total. The lowest BCUT2D eigenvalue weighted by Crippen LogP contribution is -2.32. The summed E-state index contributed by atoms with van der Waals surface area (Å²) in [5.74, 6) is -0.270. The third-order valence-electron chi connectivity index (χ3n) is 0.662. The van der Waals surface area contributed by atoms with Crippen LogP contribution in [0.25, 0.3) is 0 Å². The van der Waals surface area contributed by atoms with Crippen molar-refractivity contribution >= 4 is 10.1 Å². The molecule has 0 bridgehead atoms. The van der Waals surface area contributed by atoms with Crippen molar-refractivity contribution in [3.05, 3.63) is 0 Å². The largest absolute Gasteiger partial charge is 1.00 e. The summed E-state index contributed by atoms with van der Waals surface area (Å²) in [6, 6.07) is 0. The summed E-state index contributed by atoms with van der Waals surface area (Å²) in [7, 11) is -2.18.